The summed E-state index contributed by atoms with van der Waals surface area (Å²) in [5.41, 5.74) is 4.25. The van der Waals surface area contributed by atoms with Gasteiger partial charge < -0.3 is 0 Å². The summed E-state index contributed by atoms with van der Waals surface area (Å²) >= 11 is 0. The van der Waals surface area contributed by atoms with E-state index in [1.165, 1.54) is 30.7 Å². The molecule has 0 saturated heterocycles. The molecule has 0 radical (unpaired) electrons. The Labute approximate surface area is 119 Å². The number of hydrogen-bond donors (Lipinski definition) is 1. The number of nitrogens with zero attached hydrogens (tertiary/aromatic N) is 1. The Bertz CT molecular complexity index is 520. The van der Waals surface area contributed by atoms with Gasteiger partial charge in [0.2, 0.25) is 0 Å². The highest BCUT2D eigenvalue weighted by molar-refractivity contribution is 5.95. The molecule has 0 heterocycles. The lowest BCUT2D eigenvalue weighted by atomic mass is 9.72. The monoisotopic (exact) mass is 276 g/mol. The maximum atomic E-state index is 12.8. The summed E-state index contributed by atoms with van der Waals surface area (Å²) in [4.78, 5) is 11.9. The van der Waals surface area contributed by atoms with Gasteiger partial charge in [-0.05, 0) is 54.9 Å². The van der Waals surface area contributed by atoms with Crippen molar-refractivity contribution in [3.63, 3.8) is 0 Å². The predicted molar refractivity (Wildman–Crippen MR) is 78.1 cm³/mol. The van der Waals surface area contributed by atoms with Crippen LogP contribution in [0.1, 0.15) is 50.4 Å². The number of nitrogens with one attached hydrogen (secondary N) is 1. The van der Waals surface area contributed by atoms with Crippen LogP contribution in [0.2, 0.25) is 0 Å². The zero-order valence-electron chi connectivity index (χ0n) is 12.2. The molecule has 1 saturated carbocycles. The largest absolute Gasteiger partial charge is 0.271 e. The van der Waals surface area contributed by atoms with Crippen LogP contribution >= 0.6 is 0 Å². The van der Waals surface area contributed by atoms with Gasteiger partial charge in [-0.2, -0.15) is 5.10 Å². The molecule has 1 aromatic rings. The number of rotatable bonds is 2. The van der Waals surface area contributed by atoms with Gasteiger partial charge in [0.1, 0.15) is 5.82 Å². The van der Waals surface area contributed by atoms with Gasteiger partial charge in [0.25, 0.3) is 5.91 Å². The number of carbonyl (C=O) groups is 1. The van der Waals surface area contributed by atoms with Crippen molar-refractivity contribution in [3.05, 3.63) is 35.6 Å². The van der Waals surface area contributed by atoms with Crippen LogP contribution in [0.3, 0.4) is 0 Å². The lowest BCUT2D eigenvalue weighted by molar-refractivity contribution is 0.0954. The fourth-order valence-electron chi connectivity index (χ4n) is 3.00. The van der Waals surface area contributed by atoms with Crippen molar-refractivity contribution in [3.8, 4) is 0 Å². The number of amides is 1. The molecule has 0 spiro atoms. The average molecular weight is 276 g/mol. The third-order valence-electron chi connectivity index (χ3n) is 3.59. The van der Waals surface area contributed by atoms with Gasteiger partial charge >= 0.3 is 0 Å². The van der Waals surface area contributed by atoms with Gasteiger partial charge in [0.05, 0.1) is 0 Å². The number of benzene rings is 1. The summed E-state index contributed by atoms with van der Waals surface area (Å²) in [7, 11) is 0. The molecule has 1 atom stereocenters. The minimum atomic E-state index is -0.351. The molecule has 1 aliphatic rings. The fraction of sp³-hybridized carbons (Fsp3) is 0.500. The summed E-state index contributed by atoms with van der Waals surface area (Å²) in [6.45, 7) is 6.65. The van der Waals surface area contributed by atoms with Crippen molar-refractivity contribution in [2.75, 3.05) is 0 Å². The first-order valence-corrected chi connectivity index (χ1v) is 6.97. The van der Waals surface area contributed by atoms with Gasteiger partial charge in [0.15, 0.2) is 0 Å². The molecule has 20 heavy (non-hydrogen) atoms. The lowest BCUT2D eigenvalue weighted by Crippen LogP contribution is -2.30. The van der Waals surface area contributed by atoms with Gasteiger partial charge in [-0.25, -0.2) is 9.82 Å². The van der Waals surface area contributed by atoms with Gasteiger partial charge in [-0.15, -0.1) is 0 Å². The van der Waals surface area contributed by atoms with Gasteiger partial charge in [0, 0.05) is 11.3 Å². The Hall–Kier alpha value is -1.71. The van der Waals surface area contributed by atoms with E-state index in [4.69, 9.17) is 0 Å². The molecule has 3 nitrogen and oxygen atoms in total. The minimum Gasteiger partial charge on any atom is -0.267 e. The van der Waals surface area contributed by atoms with E-state index < -0.39 is 0 Å². The van der Waals surface area contributed by atoms with Crippen LogP contribution in [0, 0.1) is 17.2 Å². The first kappa shape index (κ1) is 14.7. The molecule has 2 rings (SSSR count). The van der Waals surface area contributed by atoms with E-state index in [1.54, 1.807) is 0 Å². The van der Waals surface area contributed by atoms with Crippen LogP contribution in [0.4, 0.5) is 4.39 Å². The van der Waals surface area contributed by atoms with Crippen LogP contribution in [0.25, 0.3) is 0 Å². The highest BCUT2D eigenvalue weighted by atomic mass is 19.1. The number of halogens is 1. The van der Waals surface area contributed by atoms with Gasteiger partial charge in [-0.1, -0.05) is 20.8 Å². The van der Waals surface area contributed by atoms with Crippen molar-refractivity contribution < 1.29 is 9.18 Å². The molecule has 0 aromatic heterocycles. The molecular formula is C16H21FN2O. The fourth-order valence-corrected chi connectivity index (χ4v) is 3.00. The molecule has 1 aliphatic carbocycles. The van der Waals surface area contributed by atoms with E-state index in [9.17, 15) is 9.18 Å². The molecule has 108 valence electrons. The molecule has 1 amide bonds. The maximum absolute atomic E-state index is 12.8. The van der Waals surface area contributed by atoms with Crippen molar-refractivity contribution in [1.82, 2.24) is 5.43 Å². The van der Waals surface area contributed by atoms with E-state index in [1.807, 2.05) is 0 Å². The average Bonchev–Trinajstić information content (AvgIpc) is 2.34. The van der Waals surface area contributed by atoms with Crippen molar-refractivity contribution in [1.29, 1.82) is 0 Å². The smallest absolute Gasteiger partial charge is 0.267 e. The first-order valence-electron chi connectivity index (χ1n) is 6.97. The second kappa shape index (κ2) is 5.73. The van der Waals surface area contributed by atoms with Crippen molar-refractivity contribution >= 4 is 11.6 Å². The summed E-state index contributed by atoms with van der Waals surface area (Å²) < 4.78 is 12.8. The highest BCUT2D eigenvalue weighted by Crippen LogP contribution is 2.36. The van der Waals surface area contributed by atoms with Gasteiger partial charge in [-0.3, -0.25) is 4.79 Å². The normalized spacial score (nSPS) is 23.6. The third-order valence-corrected chi connectivity index (χ3v) is 3.59. The van der Waals surface area contributed by atoms with Crippen molar-refractivity contribution in [2.45, 2.75) is 40.0 Å². The zero-order valence-corrected chi connectivity index (χ0v) is 12.2. The second-order valence-electron chi connectivity index (χ2n) is 6.48. The molecular weight excluding hydrogens is 255 g/mol. The van der Waals surface area contributed by atoms with Crippen molar-refractivity contribution in [2.24, 2.45) is 16.4 Å². The summed E-state index contributed by atoms with van der Waals surface area (Å²) in [6, 6.07) is 5.46. The Morgan fingerprint density at radius 2 is 2.00 bits per heavy atom. The van der Waals surface area contributed by atoms with E-state index in [0.717, 1.165) is 18.6 Å². The van der Waals surface area contributed by atoms with Crippen LogP contribution in [-0.2, 0) is 0 Å². The third kappa shape index (κ3) is 3.89. The topological polar surface area (TPSA) is 41.5 Å². The standard InChI is InChI=1S/C16H21FN2O/c1-11-8-14(10-16(2,3)9-11)18-19-15(20)12-4-6-13(17)7-5-12/h4-7,11H,8-10H2,1-3H3,(H,19,20)/b18-14-/t11-/m1/s1. The second-order valence-corrected chi connectivity index (χ2v) is 6.48. The molecule has 0 aliphatic heterocycles. The number of carbonyl (C=O) groups excluding carboxylic acids is 1. The minimum absolute atomic E-state index is 0.233. The lowest BCUT2D eigenvalue weighted by Gasteiger charge is -2.34. The predicted octanol–water partition coefficient (Wildman–Crippen LogP) is 3.76. The molecule has 1 N–H and O–H groups in total. The molecule has 0 bridgehead atoms. The van der Waals surface area contributed by atoms with Crippen LogP contribution in [0.5, 0.6) is 0 Å². The highest BCUT2D eigenvalue weighted by Gasteiger charge is 2.29. The summed E-state index contributed by atoms with van der Waals surface area (Å²) in [6.07, 6.45) is 3.01. The van der Waals surface area contributed by atoms with E-state index in [-0.39, 0.29) is 17.1 Å². The molecule has 1 fully saturated rings. The number of hydrogen-bond acceptors (Lipinski definition) is 2. The Morgan fingerprint density at radius 3 is 2.60 bits per heavy atom. The SMILES string of the molecule is C[C@@H]1C/C(=N/NC(=O)c2ccc(F)cc2)CC(C)(C)C1. The Balaban J connectivity index is 2.01. The zero-order chi connectivity index (χ0) is 14.8. The van der Waals surface area contributed by atoms with E-state index in [0.29, 0.717) is 11.5 Å². The summed E-state index contributed by atoms with van der Waals surface area (Å²) in [5, 5.41) is 4.25. The first-order chi connectivity index (χ1) is 9.35. The number of hydrazone groups is 1. The molecule has 1 aromatic carbocycles. The van der Waals surface area contributed by atoms with E-state index >= 15 is 0 Å². The maximum Gasteiger partial charge on any atom is 0.271 e. The molecule has 4 heteroatoms. The Morgan fingerprint density at radius 1 is 1.35 bits per heavy atom. The van der Waals surface area contributed by atoms with Crippen LogP contribution in [-0.4, -0.2) is 11.6 Å². The van der Waals surface area contributed by atoms with E-state index in [2.05, 4.69) is 31.3 Å². The molecule has 0 unspecified atom stereocenters. The van der Waals surface area contributed by atoms with Crippen LogP contribution < -0.4 is 5.43 Å². The Kier molecular flexibility index (Phi) is 4.21. The quantitative estimate of drug-likeness (QED) is 0.821. The summed E-state index contributed by atoms with van der Waals surface area (Å²) in [5.74, 6) is -0.0653. The van der Waals surface area contributed by atoms with Crippen LogP contribution in [0.15, 0.2) is 29.4 Å².